The molecule has 5 aliphatic rings. The zero-order valence-corrected chi connectivity index (χ0v) is 12.7. The van der Waals surface area contributed by atoms with Crippen molar-refractivity contribution in [2.24, 2.45) is 40.6 Å². The molecule has 1 aromatic carbocycles. The Morgan fingerprint density at radius 3 is 2.25 bits per heavy atom. The lowest BCUT2D eigenvalue weighted by molar-refractivity contribution is -0.140. The molecule has 2 saturated carbocycles. The number of amides is 2. The van der Waals surface area contributed by atoms with Crippen molar-refractivity contribution in [3.8, 4) is 11.5 Å². The van der Waals surface area contributed by atoms with Crippen LogP contribution in [-0.2, 0) is 9.59 Å². The average molecular weight is 324 g/mol. The quantitative estimate of drug-likeness (QED) is 0.490. The lowest BCUT2D eigenvalue weighted by Crippen LogP contribution is -2.40. The summed E-state index contributed by atoms with van der Waals surface area (Å²) in [5.74, 6) is 0.222. The van der Waals surface area contributed by atoms with Crippen molar-refractivity contribution in [1.29, 1.82) is 0 Å². The van der Waals surface area contributed by atoms with E-state index in [1.54, 1.807) is 0 Å². The third-order valence-corrected chi connectivity index (χ3v) is 5.97. The van der Waals surface area contributed by atoms with Gasteiger partial charge in [-0.3, -0.25) is 9.59 Å². The summed E-state index contributed by atoms with van der Waals surface area (Å²) < 4.78 is 0. The number of aromatic hydroxyl groups is 2. The Hall–Kier alpha value is -2.63. The summed E-state index contributed by atoms with van der Waals surface area (Å²) in [6, 6.07) is 4.07. The number of hydrogen-bond donors (Lipinski definition) is 2. The van der Waals surface area contributed by atoms with E-state index >= 15 is 0 Å². The largest absolute Gasteiger partial charge is 0.508 e. The Bertz CT molecular complexity index is 794. The molecule has 6 nitrogen and oxygen atoms in total. The zero-order valence-electron chi connectivity index (χ0n) is 12.7. The highest BCUT2D eigenvalue weighted by Crippen LogP contribution is 2.65. The lowest BCUT2D eigenvalue weighted by atomic mass is 9.63. The summed E-state index contributed by atoms with van der Waals surface area (Å²) in [6.45, 7) is 0. The van der Waals surface area contributed by atoms with Crippen LogP contribution in [0.2, 0.25) is 0 Å². The molecule has 1 saturated heterocycles. The first-order valence-corrected chi connectivity index (χ1v) is 8.18. The highest BCUT2D eigenvalue weighted by Gasteiger charge is 2.67. The van der Waals surface area contributed by atoms with Crippen molar-refractivity contribution in [2.45, 2.75) is 6.42 Å². The predicted molar refractivity (Wildman–Crippen MR) is 83.9 cm³/mol. The third-order valence-electron chi connectivity index (χ3n) is 5.97. The highest BCUT2D eigenvalue weighted by molar-refractivity contribution is 6.06. The van der Waals surface area contributed by atoms with E-state index in [0.717, 1.165) is 11.4 Å². The van der Waals surface area contributed by atoms with Gasteiger partial charge in [-0.05, 0) is 42.2 Å². The monoisotopic (exact) mass is 324 g/mol. The molecule has 24 heavy (non-hydrogen) atoms. The first-order valence-electron chi connectivity index (χ1n) is 8.18. The van der Waals surface area contributed by atoms with Crippen LogP contribution in [0.4, 0.5) is 0 Å². The number of rotatable bonds is 2. The standard InChI is InChI=1S/C18H16N2O4/c21-9-2-1-8(14(22)5-9)7-19-20-17(23)15-10-3-4-11(13-6-12(10)13)16(15)18(20)24/h1-5,7,10-13,15-16,21-22H,6H2/b19-7-/t10-,11-,12-,13+,15-,16-/m1/s1. The van der Waals surface area contributed by atoms with E-state index in [2.05, 4.69) is 17.3 Å². The fourth-order valence-corrected chi connectivity index (χ4v) is 4.82. The van der Waals surface area contributed by atoms with Gasteiger partial charge in [-0.15, -0.1) is 0 Å². The topological polar surface area (TPSA) is 90.2 Å². The van der Waals surface area contributed by atoms with Crippen molar-refractivity contribution >= 4 is 18.0 Å². The maximum absolute atomic E-state index is 12.7. The molecular weight excluding hydrogens is 308 g/mol. The van der Waals surface area contributed by atoms with E-state index in [1.807, 2.05) is 0 Å². The van der Waals surface area contributed by atoms with Gasteiger partial charge in [-0.1, -0.05) is 12.2 Å². The molecular formula is C18H16N2O4. The molecule has 1 aromatic rings. The number of hydrogen-bond acceptors (Lipinski definition) is 5. The second-order valence-corrected chi connectivity index (χ2v) is 7.13. The first-order chi connectivity index (χ1) is 11.6. The number of allylic oxidation sites excluding steroid dienone is 2. The highest BCUT2D eigenvalue weighted by atomic mass is 16.3. The van der Waals surface area contributed by atoms with Gasteiger partial charge in [-0.25, -0.2) is 0 Å². The second-order valence-electron chi connectivity index (χ2n) is 7.13. The van der Waals surface area contributed by atoms with Crippen molar-refractivity contribution in [1.82, 2.24) is 5.01 Å². The van der Waals surface area contributed by atoms with E-state index in [4.69, 9.17) is 0 Å². The van der Waals surface area contributed by atoms with Gasteiger partial charge >= 0.3 is 0 Å². The molecule has 0 unspecified atom stereocenters. The van der Waals surface area contributed by atoms with Gasteiger partial charge in [0.1, 0.15) is 11.5 Å². The summed E-state index contributed by atoms with van der Waals surface area (Å²) in [5.41, 5.74) is 0.340. The summed E-state index contributed by atoms with van der Waals surface area (Å²) in [6.07, 6.45) is 6.65. The Labute approximate surface area is 138 Å². The fraction of sp³-hybridized carbons (Fsp3) is 0.389. The van der Waals surface area contributed by atoms with Gasteiger partial charge < -0.3 is 10.2 Å². The number of benzene rings is 1. The average Bonchev–Trinajstić information content (AvgIpc) is 3.33. The van der Waals surface area contributed by atoms with Crippen LogP contribution in [0.5, 0.6) is 11.5 Å². The molecule has 6 heteroatoms. The van der Waals surface area contributed by atoms with Gasteiger partial charge in [0, 0.05) is 11.6 Å². The molecule has 2 bridgehead atoms. The van der Waals surface area contributed by atoms with Crippen LogP contribution >= 0.6 is 0 Å². The van der Waals surface area contributed by atoms with Gasteiger partial charge in [0.25, 0.3) is 11.8 Å². The zero-order chi connectivity index (χ0) is 16.6. The summed E-state index contributed by atoms with van der Waals surface area (Å²) in [5, 5.41) is 24.1. The molecule has 6 rings (SSSR count). The Morgan fingerprint density at radius 2 is 1.67 bits per heavy atom. The van der Waals surface area contributed by atoms with E-state index in [0.29, 0.717) is 17.4 Å². The molecule has 3 fully saturated rings. The van der Waals surface area contributed by atoms with E-state index in [9.17, 15) is 19.8 Å². The van der Waals surface area contributed by atoms with Gasteiger partial charge in [0.2, 0.25) is 0 Å². The first kappa shape index (κ1) is 13.8. The molecule has 0 radical (unpaired) electrons. The smallest absolute Gasteiger partial charge is 0.254 e. The van der Waals surface area contributed by atoms with Crippen LogP contribution in [-0.4, -0.2) is 33.3 Å². The van der Waals surface area contributed by atoms with Crippen molar-refractivity contribution in [3.63, 3.8) is 0 Å². The molecule has 0 spiro atoms. The molecule has 2 amide bonds. The number of carbonyl (C=O) groups excluding carboxylic acids is 2. The van der Waals surface area contributed by atoms with Crippen LogP contribution in [0.3, 0.4) is 0 Å². The molecule has 1 heterocycles. The number of hydrazone groups is 1. The summed E-state index contributed by atoms with van der Waals surface area (Å²) in [7, 11) is 0. The minimum atomic E-state index is -0.276. The number of phenols is 2. The SMILES string of the molecule is O=C1[C@@H]2[C@@H]3C=C[C@H]([C@@H]4C[C@H]34)[C@H]2C(=O)N1/N=C\c1ccc(O)cc1O. The number of carbonyl (C=O) groups is 2. The number of nitrogens with zero attached hydrogens (tertiary/aromatic N) is 2. The molecule has 4 aliphatic carbocycles. The Balaban J connectivity index is 1.45. The molecule has 6 atom stereocenters. The Morgan fingerprint density at radius 1 is 1.04 bits per heavy atom. The third kappa shape index (κ3) is 1.68. The predicted octanol–water partition coefficient (Wildman–Crippen LogP) is 1.48. The lowest BCUT2D eigenvalue weighted by Gasteiger charge is -2.37. The van der Waals surface area contributed by atoms with Crippen LogP contribution in [0.25, 0.3) is 0 Å². The molecule has 1 aliphatic heterocycles. The van der Waals surface area contributed by atoms with E-state index in [-0.39, 0.29) is 47.0 Å². The van der Waals surface area contributed by atoms with E-state index in [1.165, 1.54) is 24.4 Å². The summed E-state index contributed by atoms with van der Waals surface area (Å²) in [4.78, 5) is 25.4. The van der Waals surface area contributed by atoms with Crippen LogP contribution in [0, 0.1) is 35.5 Å². The maximum atomic E-state index is 12.7. The van der Waals surface area contributed by atoms with Gasteiger partial charge in [-0.2, -0.15) is 10.1 Å². The van der Waals surface area contributed by atoms with Crippen LogP contribution in [0.15, 0.2) is 35.5 Å². The minimum Gasteiger partial charge on any atom is -0.508 e. The van der Waals surface area contributed by atoms with Crippen molar-refractivity contribution in [2.75, 3.05) is 0 Å². The number of phenolic OH excluding ortho intramolecular Hbond substituents is 2. The maximum Gasteiger partial charge on any atom is 0.254 e. The summed E-state index contributed by atoms with van der Waals surface area (Å²) >= 11 is 0. The second kappa shape index (κ2) is 4.47. The van der Waals surface area contributed by atoms with Gasteiger partial charge in [0.15, 0.2) is 0 Å². The molecule has 2 N–H and O–H groups in total. The van der Waals surface area contributed by atoms with Crippen molar-refractivity contribution < 1.29 is 19.8 Å². The number of imide groups is 1. The Kier molecular flexibility index (Phi) is 2.56. The normalized spacial score (nSPS) is 38.8. The molecule has 0 aromatic heterocycles. The van der Waals surface area contributed by atoms with Crippen LogP contribution in [0.1, 0.15) is 12.0 Å². The molecule has 122 valence electrons. The fourth-order valence-electron chi connectivity index (χ4n) is 4.82. The van der Waals surface area contributed by atoms with Crippen LogP contribution < -0.4 is 0 Å². The van der Waals surface area contributed by atoms with Crippen molar-refractivity contribution in [3.05, 3.63) is 35.9 Å². The van der Waals surface area contributed by atoms with E-state index < -0.39 is 0 Å². The minimum absolute atomic E-state index is 0.0640. The van der Waals surface area contributed by atoms with Gasteiger partial charge in [0.05, 0.1) is 18.1 Å².